The summed E-state index contributed by atoms with van der Waals surface area (Å²) >= 11 is 0. The number of aliphatic hydroxyl groups is 1. The monoisotopic (exact) mass is 346 g/mol. The Bertz CT molecular complexity index is 780. The molecule has 0 aromatic carbocycles. The van der Waals surface area contributed by atoms with Crippen LogP contribution < -0.4 is 10.9 Å². The fraction of sp³-hybridized carbons (Fsp3) is 0.632. The minimum atomic E-state index is -0.478. The summed E-state index contributed by atoms with van der Waals surface area (Å²) in [6.45, 7) is 5.91. The smallest absolute Gasteiger partial charge is 0.261 e. The highest BCUT2D eigenvalue weighted by Gasteiger charge is 2.40. The second-order valence-corrected chi connectivity index (χ2v) is 8.58. The number of H-pyrrole nitrogens is 1. The van der Waals surface area contributed by atoms with E-state index in [1.54, 1.807) is 0 Å². The number of carbonyl (C=O) groups is 2. The molecule has 136 valence electrons. The molecule has 25 heavy (non-hydrogen) atoms. The van der Waals surface area contributed by atoms with Crippen LogP contribution >= 0.6 is 0 Å². The van der Waals surface area contributed by atoms with Crippen LogP contribution in [0.1, 0.15) is 72.9 Å². The molecule has 0 radical (unpaired) electrons. The van der Waals surface area contributed by atoms with Crippen molar-refractivity contribution >= 4 is 11.7 Å². The van der Waals surface area contributed by atoms with E-state index < -0.39 is 11.5 Å². The third kappa shape index (κ3) is 3.27. The van der Waals surface area contributed by atoms with Crippen LogP contribution in [0.5, 0.6) is 0 Å². The summed E-state index contributed by atoms with van der Waals surface area (Å²) in [5, 5.41) is 12.5. The van der Waals surface area contributed by atoms with Crippen LogP contribution in [0.2, 0.25) is 0 Å². The Kier molecular flexibility index (Phi) is 4.35. The number of nitrogens with one attached hydrogen (secondary N) is 2. The molecule has 1 heterocycles. The maximum Gasteiger partial charge on any atom is 0.261 e. The van der Waals surface area contributed by atoms with Crippen molar-refractivity contribution in [1.29, 1.82) is 0 Å². The van der Waals surface area contributed by atoms with Crippen molar-refractivity contribution in [2.75, 3.05) is 6.61 Å². The van der Waals surface area contributed by atoms with Gasteiger partial charge in [-0.3, -0.25) is 14.4 Å². The number of fused-ring (bicyclic) bond motifs is 1. The Labute approximate surface area is 147 Å². The molecule has 0 aliphatic heterocycles. The van der Waals surface area contributed by atoms with Crippen LogP contribution in [0.3, 0.4) is 0 Å². The Hall–Kier alpha value is -1.95. The fourth-order valence-electron chi connectivity index (χ4n) is 4.10. The highest BCUT2D eigenvalue weighted by molar-refractivity contribution is 6.02. The Morgan fingerprint density at radius 3 is 2.72 bits per heavy atom. The molecule has 3 N–H and O–H groups in total. The first-order chi connectivity index (χ1) is 11.6. The van der Waals surface area contributed by atoms with Crippen LogP contribution in [0.4, 0.5) is 0 Å². The zero-order valence-electron chi connectivity index (χ0n) is 15.1. The van der Waals surface area contributed by atoms with Crippen molar-refractivity contribution in [3.05, 3.63) is 33.2 Å². The lowest BCUT2D eigenvalue weighted by molar-refractivity contribution is 0.0829. The molecule has 2 aliphatic carbocycles. The maximum atomic E-state index is 12.6. The molecule has 0 bridgehead atoms. The second kappa shape index (κ2) is 6.09. The predicted octanol–water partition coefficient (Wildman–Crippen LogP) is 1.81. The molecular weight excluding hydrogens is 320 g/mol. The van der Waals surface area contributed by atoms with Gasteiger partial charge in [0.15, 0.2) is 5.78 Å². The van der Waals surface area contributed by atoms with Gasteiger partial charge in [0.25, 0.3) is 11.5 Å². The van der Waals surface area contributed by atoms with E-state index in [2.05, 4.69) is 10.3 Å². The summed E-state index contributed by atoms with van der Waals surface area (Å²) in [5.74, 6) is -0.522. The molecule has 0 spiro atoms. The predicted molar refractivity (Wildman–Crippen MR) is 93.8 cm³/mol. The minimum Gasteiger partial charge on any atom is -0.396 e. The van der Waals surface area contributed by atoms with E-state index >= 15 is 0 Å². The third-order valence-electron chi connectivity index (χ3n) is 5.71. The SMILES string of the molecule is CC1(C)CC(=O)c2cc(C(=O)N[C@@H]3CCC[C@]3(C)CO)c(=O)[nH]c2C1. The zero-order valence-corrected chi connectivity index (χ0v) is 15.1. The Morgan fingerprint density at radius 2 is 2.04 bits per heavy atom. The van der Waals surface area contributed by atoms with E-state index in [-0.39, 0.29) is 34.8 Å². The summed E-state index contributed by atoms with van der Waals surface area (Å²) < 4.78 is 0. The Balaban J connectivity index is 1.89. The lowest BCUT2D eigenvalue weighted by Gasteiger charge is -2.31. The number of amides is 1. The van der Waals surface area contributed by atoms with Crippen LogP contribution in [0.15, 0.2) is 10.9 Å². The molecule has 1 aromatic rings. The molecule has 2 atom stereocenters. The van der Waals surface area contributed by atoms with Gasteiger partial charge >= 0.3 is 0 Å². The number of aromatic nitrogens is 1. The van der Waals surface area contributed by atoms with Gasteiger partial charge in [-0.2, -0.15) is 0 Å². The molecule has 1 amide bonds. The first kappa shape index (κ1) is 17.9. The van der Waals surface area contributed by atoms with Gasteiger partial charge in [-0.15, -0.1) is 0 Å². The lowest BCUT2D eigenvalue weighted by atomic mass is 9.75. The molecule has 1 fully saturated rings. The van der Waals surface area contributed by atoms with E-state index in [9.17, 15) is 19.5 Å². The number of Topliss-reactive ketones (excluding diaryl/α,β-unsaturated/α-hetero) is 1. The second-order valence-electron chi connectivity index (χ2n) is 8.58. The molecule has 6 nitrogen and oxygen atoms in total. The molecule has 1 saturated carbocycles. The van der Waals surface area contributed by atoms with E-state index in [1.807, 2.05) is 20.8 Å². The van der Waals surface area contributed by atoms with E-state index in [1.165, 1.54) is 6.07 Å². The largest absolute Gasteiger partial charge is 0.396 e. The van der Waals surface area contributed by atoms with Gasteiger partial charge in [-0.1, -0.05) is 27.2 Å². The number of rotatable bonds is 3. The van der Waals surface area contributed by atoms with Crippen LogP contribution in [-0.2, 0) is 6.42 Å². The average molecular weight is 346 g/mol. The summed E-state index contributed by atoms with van der Waals surface area (Å²) in [6, 6.07) is 1.27. The topological polar surface area (TPSA) is 99.3 Å². The first-order valence-corrected chi connectivity index (χ1v) is 8.86. The quantitative estimate of drug-likeness (QED) is 0.777. The summed E-state index contributed by atoms with van der Waals surface area (Å²) in [4.78, 5) is 40.1. The fourth-order valence-corrected chi connectivity index (χ4v) is 4.10. The van der Waals surface area contributed by atoms with Crippen molar-refractivity contribution < 1.29 is 14.7 Å². The average Bonchev–Trinajstić information content (AvgIpc) is 2.87. The number of aliphatic hydroxyl groups excluding tert-OH is 1. The highest BCUT2D eigenvalue weighted by Crippen LogP contribution is 2.37. The Morgan fingerprint density at radius 1 is 1.32 bits per heavy atom. The molecule has 0 unspecified atom stereocenters. The van der Waals surface area contributed by atoms with Gasteiger partial charge in [0.2, 0.25) is 0 Å². The van der Waals surface area contributed by atoms with Gasteiger partial charge < -0.3 is 15.4 Å². The van der Waals surface area contributed by atoms with Crippen molar-refractivity contribution in [3.8, 4) is 0 Å². The molecule has 6 heteroatoms. The summed E-state index contributed by atoms with van der Waals surface area (Å²) in [6.07, 6.45) is 3.55. The minimum absolute atomic E-state index is 0.00788. The third-order valence-corrected chi connectivity index (χ3v) is 5.71. The molecular formula is C19H26N2O4. The highest BCUT2D eigenvalue weighted by atomic mass is 16.3. The number of pyridine rings is 1. The summed E-state index contributed by atoms with van der Waals surface area (Å²) in [7, 11) is 0. The van der Waals surface area contributed by atoms with Crippen molar-refractivity contribution in [2.24, 2.45) is 10.8 Å². The van der Waals surface area contributed by atoms with Crippen LogP contribution in [0, 0.1) is 10.8 Å². The maximum absolute atomic E-state index is 12.6. The van der Waals surface area contributed by atoms with Gasteiger partial charge in [0.1, 0.15) is 5.56 Å². The van der Waals surface area contributed by atoms with E-state index in [0.29, 0.717) is 24.1 Å². The lowest BCUT2D eigenvalue weighted by Crippen LogP contribution is -2.46. The zero-order chi connectivity index (χ0) is 18.4. The van der Waals surface area contributed by atoms with E-state index in [0.717, 1.165) is 19.3 Å². The van der Waals surface area contributed by atoms with Gasteiger partial charge in [-0.25, -0.2) is 0 Å². The molecule has 1 aromatic heterocycles. The van der Waals surface area contributed by atoms with Gasteiger partial charge in [-0.05, 0) is 30.7 Å². The standard InChI is InChI=1S/C19H26N2O4/c1-18(2)8-13-11(14(23)9-18)7-12(16(24)20-13)17(25)21-15-5-4-6-19(15,3)10-22/h7,15,22H,4-6,8-10H2,1-3H3,(H,20,24)(H,21,25)/t15-,19-/m1/s1. The number of ketones is 1. The molecule has 3 rings (SSSR count). The van der Waals surface area contributed by atoms with Crippen molar-refractivity contribution in [3.63, 3.8) is 0 Å². The number of hydrogen-bond donors (Lipinski definition) is 3. The number of hydrogen-bond acceptors (Lipinski definition) is 4. The van der Waals surface area contributed by atoms with Gasteiger partial charge in [0, 0.05) is 29.1 Å². The molecule has 2 aliphatic rings. The van der Waals surface area contributed by atoms with Gasteiger partial charge in [0.05, 0.1) is 6.61 Å². The van der Waals surface area contributed by atoms with E-state index in [4.69, 9.17) is 0 Å². The van der Waals surface area contributed by atoms with Crippen molar-refractivity contribution in [2.45, 2.75) is 58.9 Å². The summed E-state index contributed by atoms with van der Waals surface area (Å²) in [5.41, 5.74) is 0.00814. The number of aromatic amines is 1. The number of carbonyl (C=O) groups excluding carboxylic acids is 2. The first-order valence-electron chi connectivity index (χ1n) is 8.86. The van der Waals surface area contributed by atoms with Crippen LogP contribution in [0.25, 0.3) is 0 Å². The molecule has 0 saturated heterocycles. The van der Waals surface area contributed by atoms with Crippen molar-refractivity contribution in [1.82, 2.24) is 10.3 Å². The van der Waals surface area contributed by atoms with Crippen LogP contribution in [-0.4, -0.2) is 34.4 Å². The normalized spacial score (nSPS) is 27.8.